The first-order chi connectivity index (χ1) is 9.69. The first kappa shape index (κ1) is 14.5. The van der Waals surface area contributed by atoms with Gasteiger partial charge in [0, 0.05) is 6.07 Å². The van der Waals surface area contributed by atoms with Gasteiger partial charge in [-0.3, -0.25) is 0 Å². The Hall–Kier alpha value is -1.94. The predicted molar refractivity (Wildman–Crippen MR) is 74.8 cm³/mol. The van der Waals surface area contributed by atoms with Gasteiger partial charge < -0.3 is 10.1 Å². The second kappa shape index (κ2) is 7.01. The highest BCUT2D eigenvalue weighted by molar-refractivity contribution is 5.26. The van der Waals surface area contributed by atoms with Crippen molar-refractivity contribution in [3.05, 3.63) is 65.2 Å². The van der Waals surface area contributed by atoms with Gasteiger partial charge in [0.05, 0.1) is 0 Å². The van der Waals surface area contributed by atoms with Crippen LogP contribution in [0, 0.1) is 11.6 Å². The largest absolute Gasteiger partial charge is 0.486 e. The van der Waals surface area contributed by atoms with E-state index < -0.39 is 11.6 Å². The minimum absolute atomic E-state index is 0.0608. The summed E-state index contributed by atoms with van der Waals surface area (Å²) >= 11 is 0. The lowest BCUT2D eigenvalue weighted by Crippen LogP contribution is -2.10. The van der Waals surface area contributed by atoms with Crippen molar-refractivity contribution in [1.29, 1.82) is 0 Å². The van der Waals surface area contributed by atoms with Crippen LogP contribution in [0.4, 0.5) is 8.78 Å². The molecule has 2 aromatic carbocycles. The molecule has 0 spiro atoms. The number of benzene rings is 2. The van der Waals surface area contributed by atoms with Gasteiger partial charge >= 0.3 is 0 Å². The molecule has 1 N–H and O–H groups in total. The van der Waals surface area contributed by atoms with Crippen molar-refractivity contribution in [1.82, 2.24) is 5.32 Å². The van der Waals surface area contributed by atoms with Crippen LogP contribution in [0.1, 0.15) is 11.1 Å². The minimum Gasteiger partial charge on any atom is -0.486 e. The van der Waals surface area contributed by atoms with Crippen LogP contribution >= 0.6 is 0 Å². The lowest BCUT2D eigenvalue weighted by Gasteiger charge is -2.08. The number of hydrogen-bond acceptors (Lipinski definition) is 2. The molecule has 0 aliphatic heterocycles. The first-order valence-corrected chi connectivity index (χ1v) is 6.49. The van der Waals surface area contributed by atoms with Crippen molar-refractivity contribution in [3.8, 4) is 5.75 Å². The van der Waals surface area contributed by atoms with E-state index in [9.17, 15) is 8.78 Å². The second-order valence-corrected chi connectivity index (χ2v) is 4.53. The van der Waals surface area contributed by atoms with E-state index in [-0.39, 0.29) is 12.4 Å². The van der Waals surface area contributed by atoms with Gasteiger partial charge in [0.15, 0.2) is 11.6 Å². The lowest BCUT2D eigenvalue weighted by molar-refractivity contribution is 0.289. The topological polar surface area (TPSA) is 21.3 Å². The van der Waals surface area contributed by atoms with E-state index in [1.54, 1.807) is 0 Å². The Morgan fingerprint density at radius 3 is 2.35 bits per heavy atom. The molecule has 0 saturated heterocycles. The zero-order chi connectivity index (χ0) is 14.4. The van der Waals surface area contributed by atoms with Crippen LogP contribution in [0.25, 0.3) is 0 Å². The maximum atomic E-state index is 13.4. The molecule has 0 heterocycles. The van der Waals surface area contributed by atoms with E-state index in [4.69, 9.17) is 4.74 Å². The molecule has 0 aromatic heterocycles. The van der Waals surface area contributed by atoms with E-state index in [1.165, 1.54) is 17.7 Å². The second-order valence-electron chi connectivity index (χ2n) is 4.53. The van der Waals surface area contributed by atoms with Crippen molar-refractivity contribution in [2.45, 2.75) is 13.0 Å². The average molecular weight is 277 g/mol. The summed E-state index contributed by atoms with van der Waals surface area (Å²) in [5, 5.41) is 3.09. The van der Waals surface area contributed by atoms with Crippen molar-refractivity contribution < 1.29 is 13.5 Å². The third-order valence-electron chi connectivity index (χ3n) is 2.97. The third-order valence-corrected chi connectivity index (χ3v) is 2.97. The fourth-order valence-corrected chi connectivity index (χ4v) is 1.82. The summed E-state index contributed by atoms with van der Waals surface area (Å²) in [5.74, 6) is -1.23. The van der Waals surface area contributed by atoms with Crippen molar-refractivity contribution in [2.75, 3.05) is 13.6 Å². The van der Waals surface area contributed by atoms with Crippen molar-refractivity contribution >= 4 is 0 Å². The van der Waals surface area contributed by atoms with E-state index in [2.05, 4.69) is 5.32 Å². The van der Waals surface area contributed by atoms with Gasteiger partial charge in [-0.25, -0.2) is 8.78 Å². The number of ether oxygens (including phenoxy) is 1. The van der Waals surface area contributed by atoms with Crippen LogP contribution in [0.5, 0.6) is 5.75 Å². The minimum atomic E-state index is -0.685. The molecule has 0 unspecified atom stereocenters. The maximum Gasteiger partial charge on any atom is 0.167 e. The summed E-state index contributed by atoms with van der Waals surface area (Å²) in [5.41, 5.74) is 2.18. The standard InChI is InChI=1S/C16H17F2NO/c1-19-9-8-12-2-4-13(5-3-12)11-20-16-7-6-14(17)10-15(16)18/h2-7,10,19H,8-9,11H2,1H3. The Morgan fingerprint density at radius 1 is 1.00 bits per heavy atom. The fourth-order valence-electron chi connectivity index (χ4n) is 1.82. The quantitative estimate of drug-likeness (QED) is 0.874. The maximum absolute atomic E-state index is 13.4. The molecule has 0 atom stereocenters. The normalized spacial score (nSPS) is 10.6. The van der Waals surface area contributed by atoms with Crippen molar-refractivity contribution in [2.24, 2.45) is 0 Å². The summed E-state index contributed by atoms with van der Waals surface area (Å²) in [6.45, 7) is 1.19. The summed E-state index contributed by atoms with van der Waals surface area (Å²) in [7, 11) is 1.92. The van der Waals surface area contributed by atoms with Crippen LogP contribution in [0.2, 0.25) is 0 Å². The Bertz CT molecular complexity index is 555. The monoisotopic (exact) mass is 277 g/mol. The molecule has 0 amide bonds. The Kier molecular flexibility index (Phi) is 5.07. The number of halogens is 2. The highest BCUT2D eigenvalue weighted by Crippen LogP contribution is 2.19. The Labute approximate surface area is 117 Å². The Balaban J connectivity index is 1.93. The number of likely N-dealkylation sites (N-methyl/N-ethyl adjacent to an activating group) is 1. The Morgan fingerprint density at radius 2 is 1.70 bits per heavy atom. The van der Waals surface area contributed by atoms with Crippen LogP contribution in [-0.2, 0) is 13.0 Å². The zero-order valence-electron chi connectivity index (χ0n) is 11.3. The zero-order valence-corrected chi connectivity index (χ0v) is 11.3. The molecule has 20 heavy (non-hydrogen) atoms. The van der Waals surface area contributed by atoms with Crippen molar-refractivity contribution in [3.63, 3.8) is 0 Å². The molecule has 2 rings (SSSR count). The number of nitrogens with one attached hydrogen (secondary N) is 1. The molecule has 0 radical (unpaired) electrons. The number of rotatable bonds is 6. The molecule has 0 bridgehead atoms. The molecule has 0 aliphatic rings. The average Bonchev–Trinajstić information content (AvgIpc) is 2.45. The highest BCUT2D eigenvalue weighted by atomic mass is 19.1. The molecule has 106 valence electrons. The third kappa shape index (κ3) is 4.03. The van der Waals surface area contributed by atoms with Gasteiger partial charge in [0.1, 0.15) is 12.4 Å². The molecule has 0 aliphatic carbocycles. The summed E-state index contributed by atoms with van der Waals surface area (Å²) in [6, 6.07) is 11.2. The van der Waals surface area contributed by atoms with Gasteiger partial charge in [-0.2, -0.15) is 0 Å². The summed E-state index contributed by atoms with van der Waals surface area (Å²) < 4.78 is 31.5. The van der Waals surface area contributed by atoms with Gasteiger partial charge in [-0.15, -0.1) is 0 Å². The molecule has 0 saturated carbocycles. The van der Waals surface area contributed by atoms with E-state index >= 15 is 0 Å². The fraction of sp³-hybridized carbons (Fsp3) is 0.250. The van der Waals surface area contributed by atoms with Crippen LogP contribution in [0.15, 0.2) is 42.5 Å². The van der Waals surface area contributed by atoms with Gasteiger partial charge in [0.2, 0.25) is 0 Å². The molecule has 2 nitrogen and oxygen atoms in total. The van der Waals surface area contributed by atoms with E-state index in [0.717, 1.165) is 24.6 Å². The first-order valence-electron chi connectivity index (χ1n) is 6.49. The van der Waals surface area contributed by atoms with Crippen LogP contribution in [-0.4, -0.2) is 13.6 Å². The summed E-state index contributed by atoms with van der Waals surface area (Å²) in [4.78, 5) is 0. The van der Waals surface area contributed by atoms with Crippen LogP contribution < -0.4 is 10.1 Å². The van der Waals surface area contributed by atoms with E-state index in [0.29, 0.717) is 0 Å². The van der Waals surface area contributed by atoms with E-state index in [1.807, 2.05) is 31.3 Å². The van der Waals surface area contributed by atoms with Gasteiger partial charge in [0.25, 0.3) is 0 Å². The predicted octanol–water partition coefficient (Wildman–Crippen LogP) is 3.31. The van der Waals surface area contributed by atoms with Crippen LogP contribution in [0.3, 0.4) is 0 Å². The summed E-state index contributed by atoms with van der Waals surface area (Å²) in [6.07, 6.45) is 0.963. The molecular formula is C16H17F2NO. The molecular weight excluding hydrogens is 260 g/mol. The van der Waals surface area contributed by atoms with Gasteiger partial charge in [-0.1, -0.05) is 24.3 Å². The van der Waals surface area contributed by atoms with Gasteiger partial charge in [-0.05, 0) is 43.3 Å². The molecule has 0 fully saturated rings. The SMILES string of the molecule is CNCCc1ccc(COc2ccc(F)cc2F)cc1. The lowest BCUT2D eigenvalue weighted by atomic mass is 10.1. The molecule has 4 heteroatoms. The smallest absolute Gasteiger partial charge is 0.167 e. The highest BCUT2D eigenvalue weighted by Gasteiger charge is 2.05. The molecule has 2 aromatic rings. The number of hydrogen-bond donors (Lipinski definition) is 1.